The quantitative estimate of drug-likeness (QED) is 0.523. The minimum Gasteiger partial charge on any atom is -0.387 e. The Morgan fingerprint density at radius 1 is 1.06 bits per heavy atom. The van der Waals surface area contributed by atoms with Gasteiger partial charge in [-0.1, -0.05) is 6.07 Å². The average molecular weight is 431 g/mol. The van der Waals surface area contributed by atoms with Gasteiger partial charge in [-0.2, -0.15) is 13.9 Å². The standard InChI is InChI=1S/C22H27F2N5O2/c1-14-8-15(16-11-26-29(12-16)13-21(4,31)20(2,3)30)10-17(9-14)27-19-25-7-6-18(28-19)22(5,23)24/h6-12,30-31H,13H2,1-5H3,(H,25,27,28). The van der Waals surface area contributed by atoms with Crippen LogP contribution in [0.15, 0.2) is 42.9 Å². The molecule has 1 aromatic carbocycles. The van der Waals surface area contributed by atoms with Gasteiger partial charge in [0.05, 0.1) is 18.3 Å². The summed E-state index contributed by atoms with van der Waals surface area (Å²) >= 11 is 0. The highest BCUT2D eigenvalue weighted by Crippen LogP contribution is 2.29. The third-order valence-corrected chi connectivity index (χ3v) is 5.19. The summed E-state index contributed by atoms with van der Waals surface area (Å²) in [7, 11) is 0. The van der Waals surface area contributed by atoms with Crippen LogP contribution in [0, 0.1) is 6.92 Å². The number of nitrogens with one attached hydrogen (secondary N) is 1. The number of aliphatic hydroxyl groups is 2. The van der Waals surface area contributed by atoms with Crippen LogP contribution in [-0.4, -0.2) is 41.2 Å². The first-order valence-electron chi connectivity index (χ1n) is 9.82. The first-order valence-corrected chi connectivity index (χ1v) is 9.82. The molecule has 3 rings (SSSR count). The van der Waals surface area contributed by atoms with Gasteiger partial charge in [0, 0.05) is 30.6 Å². The van der Waals surface area contributed by atoms with Gasteiger partial charge in [-0.3, -0.25) is 4.68 Å². The molecule has 1 atom stereocenters. The number of hydrogen-bond donors (Lipinski definition) is 3. The Morgan fingerprint density at radius 2 is 1.77 bits per heavy atom. The lowest BCUT2D eigenvalue weighted by molar-refractivity contribution is -0.129. The summed E-state index contributed by atoms with van der Waals surface area (Å²) in [6.07, 6.45) is 4.72. The van der Waals surface area contributed by atoms with E-state index in [1.54, 1.807) is 37.8 Å². The molecular weight excluding hydrogens is 404 g/mol. The molecule has 0 aliphatic rings. The van der Waals surface area contributed by atoms with Crippen molar-refractivity contribution < 1.29 is 19.0 Å². The van der Waals surface area contributed by atoms with Crippen LogP contribution < -0.4 is 5.32 Å². The number of nitrogens with zero attached hydrogens (tertiary/aromatic N) is 4. The molecule has 0 amide bonds. The molecule has 3 aromatic rings. The Balaban J connectivity index is 1.85. The lowest BCUT2D eigenvalue weighted by atomic mass is 9.88. The Kier molecular flexibility index (Phi) is 5.86. The Bertz CT molecular complexity index is 1070. The smallest absolute Gasteiger partial charge is 0.287 e. The molecule has 0 saturated heterocycles. The molecule has 0 aliphatic heterocycles. The van der Waals surface area contributed by atoms with Crippen LogP contribution in [0.4, 0.5) is 20.4 Å². The number of hydrogen-bond acceptors (Lipinski definition) is 6. The highest BCUT2D eigenvalue weighted by molar-refractivity contribution is 5.70. The maximum atomic E-state index is 13.6. The predicted octanol–water partition coefficient (Wildman–Crippen LogP) is 4.03. The summed E-state index contributed by atoms with van der Waals surface area (Å²) in [6, 6.07) is 6.83. The van der Waals surface area contributed by atoms with E-state index in [0.717, 1.165) is 23.6 Å². The molecule has 2 heterocycles. The van der Waals surface area contributed by atoms with Gasteiger partial charge in [0.1, 0.15) is 11.3 Å². The number of aromatic nitrogens is 4. The summed E-state index contributed by atoms with van der Waals surface area (Å²) in [4.78, 5) is 7.92. The van der Waals surface area contributed by atoms with E-state index in [1.807, 2.05) is 25.1 Å². The highest BCUT2D eigenvalue weighted by atomic mass is 19.3. The number of alkyl halides is 2. The van der Waals surface area contributed by atoms with E-state index >= 15 is 0 Å². The first-order chi connectivity index (χ1) is 14.2. The molecule has 0 radical (unpaired) electrons. The number of aryl methyl sites for hydroxylation is 1. The van der Waals surface area contributed by atoms with Gasteiger partial charge in [0.25, 0.3) is 5.92 Å². The van der Waals surface area contributed by atoms with E-state index in [1.165, 1.54) is 12.3 Å². The zero-order valence-electron chi connectivity index (χ0n) is 18.2. The van der Waals surface area contributed by atoms with Crippen molar-refractivity contribution in [3.05, 3.63) is 54.1 Å². The Morgan fingerprint density at radius 3 is 2.42 bits per heavy atom. The minimum atomic E-state index is -3.06. The van der Waals surface area contributed by atoms with Crippen molar-refractivity contribution in [2.45, 2.75) is 58.3 Å². The fourth-order valence-electron chi connectivity index (χ4n) is 2.92. The highest BCUT2D eigenvalue weighted by Gasteiger charge is 2.38. The lowest BCUT2D eigenvalue weighted by Crippen LogP contribution is -2.50. The fourth-order valence-corrected chi connectivity index (χ4v) is 2.92. The van der Waals surface area contributed by atoms with Gasteiger partial charge < -0.3 is 15.5 Å². The summed E-state index contributed by atoms with van der Waals surface area (Å²) in [6.45, 7) is 7.45. The van der Waals surface area contributed by atoms with Crippen LogP contribution in [0.3, 0.4) is 0 Å². The molecule has 166 valence electrons. The molecule has 0 spiro atoms. The molecule has 9 heteroatoms. The van der Waals surface area contributed by atoms with Crippen LogP contribution in [0.25, 0.3) is 11.1 Å². The van der Waals surface area contributed by atoms with Crippen molar-refractivity contribution in [2.24, 2.45) is 0 Å². The third kappa shape index (κ3) is 5.42. The van der Waals surface area contributed by atoms with E-state index in [9.17, 15) is 19.0 Å². The zero-order valence-corrected chi connectivity index (χ0v) is 18.2. The molecule has 2 aromatic heterocycles. The second-order valence-corrected chi connectivity index (χ2v) is 8.63. The van der Waals surface area contributed by atoms with E-state index < -0.39 is 17.1 Å². The van der Waals surface area contributed by atoms with E-state index in [0.29, 0.717) is 5.69 Å². The molecule has 31 heavy (non-hydrogen) atoms. The summed E-state index contributed by atoms with van der Waals surface area (Å²) < 4.78 is 28.7. The monoisotopic (exact) mass is 431 g/mol. The van der Waals surface area contributed by atoms with Crippen LogP contribution in [0.5, 0.6) is 0 Å². The normalized spacial score (nSPS) is 14.4. The van der Waals surface area contributed by atoms with Gasteiger partial charge in [-0.15, -0.1) is 0 Å². The molecule has 0 bridgehead atoms. The van der Waals surface area contributed by atoms with Gasteiger partial charge in [0.2, 0.25) is 5.95 Å². The topological polar surface area (TPSA) is 96.1 Å². The number of rotatable bonds is 7. The summed E-state index contributed by atoms with van der Waals surface area (Å²) in [5.74, 6) is -2.98. The number of anilines is 2. The average Bonchev–Trinajstić information content (AvgIpc) is 3.07. The van der Waals surface area contributed by atoms with Crippen LogP contribution >= 0.6 is 0 Å². The fraction of sp³-hybridized carbons (Fsp3) is 0.409. The second-order valence-electron chi connectivity index (χ2n) is 8.63. The lowest BCUT2D eigenvalue weighted by Gasteiger charge is -2.35. The Labute approximate surface area is 179 Å². The molecule has 0 fully saturated rings. The van der Waals surface area contributed by atoms with Crippen molar-refractivity contribution in [1.29, 1.82) is 0 Å². The molecule has 0 aliphatic carbocycles. The van der Waals surface area contributed by atoms with E-state index in [4.69, 9.17) is 0 Å². The SMILES string of the molecule is Cc1cc(Nc2nccc(C(C)(F)F)n2)cc(-c2cnn(CC(C)(O)C(C)(C)O)c2)c1. The maximum absolute atomic E-state index is 13.6. The van der Waals surface area contributed by atoms with Crippen molar-refractivity contribution in [1.82, 2.24) is 19.7 Å². The molecule has 0 saturated carbocycles. The molecule has 7 nitrogen and oxygen atoms in total. The predicted molar refractivity (Wildman–Crippen MR) is 114 cm³/mol. The van der Waals surface area contributed by atoms with Gasteiger partial charge >= 0.3 is 0 Å². The number of benzene rings is 1. The number of halogens is 2. The first kappa shape index (κ1) is 22.8. The van der Waals surface area contributed by atoms with Crippen molar-refractivity contribution in [3.63, 3.8) is 0 Å². The van der Waals surface area contributed by atoms with Gasteiger partial charge in [-0.05, 0) is 57.0 Å². The third-order valence-electron chi connectivity index (χ3n) is 5.19. The zero-order chi connectivity index (χ0) is 23.0. The summed E-state index contributed by atoms with van der Waals surface area (Å²) in [5.41, 5.74) is 0.179. The van der Waals surface area contributed by atoms with E-state index in [-0.39, 0.29) is 18.2 Å². The van der Waals surface area contributed by atoms with Crippen molar-refractivity contribution in [2.75, 3.05) is 5.32 Å². The molecule has 1 unspecified atom stereocenters. The second kappa shape index (κ2) is 7.97. The Hall–Kier alpha value is -2.91. The van der Waals surface area contributed by atoms with Crippen LogP contribution in [-0.2, 0) is 12.5 Å². The van der Waals surface area contributed by atoms with Crippen molar-refractivity contribution >= 4 is 11.6 Å². The maximum Gasteiger partial charge on any atom is 0.287 e. The van der Waals surface area contributed by atoms with E-state index in [2.05, 4.69) is 20.4 Å². The van der Waals surface area contributed by atoms with Gasteiger partial charge in [-0.25, -0.2) is 9.97 Å². The van der Waals surface area contributed by atoms with Gasteiger partial charge in [0.15, 0.2) is 0 Å². The van der Waals surface area contributed by atoms with Crippen LogP contribution in [0.1, 0.15) is 39.0 Å². The molecular formula is C22H27F2N5O2. The van der Waals surface area contributed by atoms with Crippen LogP contribution in [0.2, 0.25) is 0 Å². The van der Waals surface area contributed by atoms with Crippen molar-refractivity contribution in [3.8, 4) is 11.1 Å². The largest absolute Gasteiger partial charge is 0.387 e. The molecule has 3 N–H and O–H groups in total. The summed E-state index contributed by atoms with van der Waals surface area (Å²) in [5, 5.41) is 28.0. The minimum absolute atomic E-state index is 0.0764.